The Hall–Kier alpha value is -3.86. The van der Waals surface area contributed by atoms with Crippen LogP contribution in [0, 0.1) is 11.3 Å². The Morgan fingerprint density at radius 2 is 1.00 bits per heavy atom. The van der Waals surface area contributed by atoms with E-state index in [4.69, 9.17) is 56.8 Å². The molecule has 0 saturated heterocycles. The van der Waals surface area contributed by atoms with Crippen LogP contribution in [0.15, 0.2) is 94.6 Å². The summed E-state index contributed by atoms with van der Waals surface area (Å²) in [6, 6.07) is 0. The molecule has 0 fully saturated rings. The molecule has 4 aliphatic carbocycles. The van der Waals surface area contributed by atoms with Gasteiger partial charge in [0.1, 0.15) is 37.9 Å². The van der Waals surface area contributed by atoms with Gasteiger partial charge < -0.3 is 56.8 Å². The molecule has 340 valence electrons. The highest BCUT2D eigenvalue weighted by molar-refractivity contribution is 5.87. The number of ether oxygens (including phenoxy) is 12. The molecule has 4 rings (SSSR count). The summed E-state index contributed by atoms with van der Waals surface area (Å²) in [5, 5.41) is 0. The third-order valence-electron chi connectivity index (χ3n) is 10.2. The third-order valence-corrected chi connectivity index (χ3v) is 10.2. The first-order valence-corrected chi connectivity index (χ1v) is 21.3. The van der Waals surface area contributed by atoms with Gasteiger partial charge in [-0.1, -0.05) is 44.4 Å². The lowest BCUT2D eigenvalue weighted by Crippen LogP contribution is -2.28. The molecule has 0 saturated carbocycles. The van der Waals surface area contributed by atoms with Crippen LogP contribution in [0.1, 0.15) is 48.5 Å². The van der Waals surface area contributed by atoms with Crippen molar-refractivity contribution >= 4 is 11.9 Å². The Balaban J connectivity index is 1.04. The van der Waals surface area contributed by atoms with Crippen LogP contribution in [0.3, 0.4) is 0 Å². The van der Waals surface area contributed by atoms with Crippen LogP contribution in [0.4, 0.5) is 0 Å². The minimum absolute atomic E-state index is 0.103. The predicted molar refractivity (Wildman–Crippen MR) is 228 cm³/mol. The first-order valence-electron chi connectivity index (χ1n) is 21.3. The fourth-order valence-electron chi connectivity index (χ4n) is 6.89. The van der Waals surface area contributed by atoms with E-state index >= 15 is 0 Å². The zero-order chi connectivity index (χ0) is 44.2. The molecule has 0 amide bonds. The first kappa shape index (κ1) is 49.8. The van der Waals surface area contributed by atoms with Crippen molar-refractivity contribution in [3.63, 3.8) is 0 Å². The summed E-state index contributed by atoms with van der Waals surface area (Å²) in [4.78, 5) is 22.7. The number of carbonyl (C=O) groups is 2. The minimum Gasteiger partial charge on any atom is -0.491 e. The number of esters is 2. The van der Waals surface area contributed by atoms with Crippen molar-refractivity contribution in [3.05, 3.63) is 94.6 Å². The molecular weight excluding hydrogens is 789 g/mol. The van der Waals surface area contributed by atoms with Crippen molar-refractivity contribution in [1.82, 2.24) is 0 Å². The Bertz CT molecular complexity index is 1670. The topological polar surface area (TPSA) is 145 Å². The summed E-state index contributed by atoms with van der Waals surface area (Å²) in [5.41, 5.74) is 5.29. The second-order valence-electron chi connectivity index (χ2n) is 15.7. The van der Waals surface area contributed by atoms with E-state index in [0.29, 0.717) is 104 Å². The second kappa shape index (κ2) is 25.9. The fourth-order valence-corrected chi connectivity index (χ4v) is 6.89. The van der Waals surface area contributed by atoms with E-state index in [9.17, 15) is 9.59 Å². The highest BCUT2D eigenvalue weighted by Gasteiger charge is 2.53. The number of fused-ring (bicyclic) bond motifs is 5. The van der Waals surface area contributed by atoms with E-state index in [2.05, 4.69) is 56.5 Å². The lowest BCUT2D eigenvalue weighted by atomic mass is 9.69. The Labute approximate surface area is 362 Å². The van der Waals surface area contributed by atoms with E-state index in [1.807, 2.05) is 27.7 Å². The van der Waals surface area contributed by atoms with Crippen LogP contribution < -0.4 is 0 Å². The standard InChI is InChI=1S/C47H68O14/c1-32(2)45(48)56-24-20-52-16-14-50-18-22-54-34(5)28-58-36(7)30-60-42-26-38-10-12-40(42)44(38)47(9)39-11-13-41(47)43(27-39)61-31-37(8)59-29-35(6)55-23-19-51-15-17-53-21-25-57-46(49)33(3)4/h10-13,26-27,34-37,44H,1,3,14-25,28-31H2,2,4-9H3. The van der Waals surface area contributed by atoms with Crippen LogP contribution in [0.5, 0.6) is 0 Å². The van der Waals surface area contributed by atoms with E-state index < -0.39 is 11.9 Å². The molecule has 4 bridgehead atoms. The maximum absolute atomic E-state index is 11.3. The zero-order valence-corrected chi connectivity index (χ0v) is 37.3. The quantitative estimate of drug-likeness (QED) is 0.0412. The van der Waals surface area contributed by atoms with Crippen LogP contribution in [-0.4, -0.2) is 142 Å². The van der Waals surface area contributed by atoms with Gasteiger partial charge in [-0.25, -0.2) is 9.59 Å². The summed E-state index contributed by atoms with van der Waals surface area (Å²) in [6.45, 7) is 26.6. The molecule has 6 unspecified atom stereocenters. The van der Waals surface area contributed by atoms with Crippen LogP contribution in [-0.2, 0) is 66.4 Å². The molecular formula is C47H68O14. The SMILES string of the molecule is C=C(C)C(=O)OCCOCCOCCOC(C)COC(C)COC1=CC2=CC=C1C2C1(C)C2=CC=C1C(OCC(C)OCC(C)OCCOCCOCCOC(=O)C(=C)C)=C2. The summed E-state index contributed by atoms with van der Waals surface area (Å²) < 4.78 is 68.3. The van der Waals surface area contributed by atoms with Crippen molar-refractivity contribution < 1.29 is 66.4 Å². The number of carbonyl (C=O) groups excluding carboxylic acids is 2. The van der Waals surface area contributed by atoms with Gasteiger partial charge in [0.2, 0.25) is 0 Å². The molecule has 14 heteroatoms. The van der Waals surface area contributed by atoms with Gasteiger partial charge in [0, 0.05) is 33.6 Å². The van der Waals surface area contributed by atoms with Crippen LogP contribution in [0.2, 0.25) is 0 Å². The van der Waals surface area contributed by atoms with Gasteiger partial charge in [-0.05, 0) is 64.8 Å². The maximum Gasteiger partial charge on any atom is 0.333 e. The molecule has 0 aromatic carbocycles. The number of hydrogen-bond donors (Lipinski definition) is 0. The fraction of sp³-hybridized carbons (Fsp3) is 0.617. The van der Waals surface area contributed by atoms with E-state index in [-0.39, 0.29) is 49.0 Å². The Morgan fingerprint density at radius 1 is 0.557 bits per heavy atom. The molecule has 0 N–H and O–H groups in total. The van der Waals surface area contributed by atoms with E-state index in [1.54, 1.807) is 13.8 Å². The van der Waals surface area contributed by atoms with Gasteiger partial charge in [0.15, 0.2) is 0 Å². The Kier molecular flexibility index (Phi) is 21.2. The lowest BCUT2D eigenvalue weighted by Gasteiger charge is -2.33. The van der Waals surface area contributed by atoms with Crippen molar-refractivity contribution in [2.45, 2.75) is 72.9 Å². The molecule has 0 aromatic heterocycles. The van der Waals surface area contributed by atoms with Gasteiger partial charge in [0.25, 0.3) is 0 Å². The summed E-state index contributed by atoms with van der Waals surface area (Å²) in [6.07, 6.45) is 12.6. The largest absolute Gasteiger partial charge is 0.491 e. The normalized spacial score (nSPS) is 20.5. The van der Waals surface area contributed by atoms with Gasteiger partial charge in [0.05, 0.1) is 104 Å². The maximum atomic E-state index is 11.3. The average Bonchev–Trinajstić information content (AvgIpc) is 3.98. The summed E-state index contributed by atoms with van der Waals surface area (Å²) >= 11 is 0. The smallest absolute Gasteiger partial charge is 0.333 e. The number of allylic oxidation sites excluding steroid dienone is 10. The predicted octanol–water partition coefficient (Wildman–Crippen LogP) is 6.10. The van der Waals surface area contributed by atoms with Gasteiger partial charge in [-0.2, -0.15) is 0 Å². The molecule has 0 heterocycles. The molecule has 0 aliphatic heterocycles. The van der Waals surface area contributed by atoms with E-state index in [1.165, 1.54) is 22.3 Å². The van der Waals surface area contributed by atoms with Gasteiger partial charge in [-0.15, -0.1) is 0 Å². The van der Waals surface area contributed by atoms with Gasteiger partial charge in [-0.3, -0.25) is 0 Å². The zero-order valence-electron chi connectivity index (χ0n) is 37.3. The monoisotopic (exact) mass is 856 g/mol. The van der Waals surface area contributed by atoms with Crippen molar-refractivity contribution in [3.8, 4) is 0 Å². The number of hydrogen-bond acceptors (Lipinski definition) is 14. The summed E-state index contributed by atoms with van der Waals surface area (Å²) in [7, 11) is 0. The van der Waals surface area contributed by atoms with Crippen molar-refractivity contribution in [2.24, 2.45) is 11.3 Å². The third kappa shape index (κ3) is 15.8. The first-order chi connectivity index (χ1) is 29.3. The highest BCUT2D eigenvalue weighted by Crippen LogP contribution is 2.62. The number of rotatable bonds is 35. The molecule has 6 atom stereocenters. The lowest BCUT2D eigenvalue weighted by molar-refractivity contribution is -0.141. The average molecular weight is 857 g/mol. The van der Waals surface area contributed by atoms with E-state index in [0.717, 1.165) is 11.5 Å². The molecule has 0 aromatic rings. The van der Waals surface area contributed by atoms with Crippen LogP contribution >= 0.6 is 0 Å². The molecule has 0 radical (unpaired) electrons. The van der Waals surface area contributed by atoms with Crippen molar-refractivity contribution in [2.75, 3.05) is 106 Å². The molecule has 14 nitrogen and oxygen atoms in total. The van der Waals surface area contributed by atoms with Gasteiger partial charge >= 0.3 is 11.9 Å². The second-order valence-corrected chi connectivity index (χ2v) is 15.7. The molecule has 0 spiro atoms. The minimum atomic E-state index is -0.418. The van der Waals surface area contributed by atoms with Crippen molar-refractivity contribution in [1.29, 1.82) is 0 Å². The molecule has 61 heavy (non-hydrogen) atoms. The summed E-state index contributed by atoms with van der Waals surface area (Å²) in [5.74, 6) is 1.09. The molecule has 4 aliphatic rings. The Morgan fingerprint density at radius 3 is 1.49 bits per heavy atom. The van der Waals surface area contributed by atoms with Crippen LogP contribution in [0.25, 0.3) is 0 Å². The highest BCUT2D eigenvalue weighted by atomic mass is 16.6.